The normalized spacial score (nSPS) is 19.0. The molecule has 1 aliphatic heterocycles. The maximum absolute atomic E-state index is 12.8. The minimum atomic E-state index is -2.98. The van der Waals surface area contributed by atoms with Crippen molar-refractivity contribution in [3.8, 4) is 0 Å². The molecule has 9 heteroatoms. The molecule has 2 N–H and O–H groups in total. The average Bonchev–Trinajstić information content (AvgIpc) is 2.89. The lowest BCUT2D eigenvalue weighted by Crippen LogP contribution is -2.22. The fourth-order valence-electron chi connectivity index (χ4n) is 2.38. The maximum atomic E-state index is 12.8. The van der Waals surface area contributed by atoms with Crippen LogP contribution in [0, 0.1) is 5.82 Å². The van der Waals surface area contributed by atoms with E-state index in [4.69, 9.17) is 0 Å². The number of sulfone groups is 1. The third-order valence-corrected chi connectivity index (χ3v) is 5.35. The molecular weight excluding hydrogens is 335 g/mol. The summed E-state index contributed by atoms with van der Waals surface area (Å²) in [6, 6.07) is 8.22. The lowest BCUT2D eigenvalue weighted by atomic mass is 10.2. The molecule has 1 atom stereocenters. The molecule has 3 rings (SSSR count). The third-order valence-electron chi connectivity index (χ3n) is 3.58. The van der Waals surface area contributed by atoms with Crippen molar-refractivity contribution in [2.24, 2.45) is 0 Å². The Balaban J connectivity index is 1.61. The van der Waals surface area contributed by atoms with E-state index >= 15 is 0 Å². The van der Waals surface area contributed by atoms with Crippen molar-refractivity contribution >= 4 is 27.2 Å². The lowest BCUT2D eigenvalue weighted by Gasteiger charge is -2.11. The van der Waals surface area contributed by atoms with Crippen molar-refractivity contribution in [1.29, 1.82) is 0 Å². The van der Waals surface area contributed by atoms with Crippen LogP contribution in [-0.2, 0) is 9.84 Å². The molecule has 1 amide bonds. The number of amides is 1. The largest absolute Gasteiger partial charge is 0.365 e. The highest BCUT2D eigenvalue weighted by atomic mass is 32.2. The first kappa shape index (κ1) is 16.3. The van der Waals surface area contributed by atoms with Gasteiger partial charge in [-0.2, -0.15) is 0 Å². The molecule has 1 aromatic carbocycles. The summed E-state index contributed by atoms with van der Waals surface area (Å²) in [6.07, 6.45) is 0.525. The summed E-state index contributed by atoms with van der Waals surface area (Å²) in [5, 5.41) is 13.3. The number of benzene rings is 1. The summed E-state index contributed by atoms with van der Waals surface area (Å²) in [5.41, 5.74) is 0.547. The van der Waals surface area contributed by atoms with E-state index in [1.54, 1.807) is 6.07 Å². The van der Waals surface area contributed by atoms with Crippen molar-refractivity contribution in [1.82, 2.24) is 10.2 Å². The summed E-state index contributed by atoms with van der Waals surface area (Å²) in [6.45, 7) is 0. The molecule has 1 unspecified atom stereocenters. The number of aromatic nitrogens is 2. The Morgan fingerprint density at radius 3 is 2.46 bits per heavy atom. The van der Waals surface area contributed by atoms with Crippen molar-refractivity contribution in [3.05, 3.63) is 47.9 Å². The SMILES string of the molecule is O=C(Nc1ccc(F)cc1)c1ccc(NC2CCS(=O)(=O)C2)nn1. The quantitative estimate of drug-likeness (QED) is 0.866. The van der Waals surface area contributed by atoms with Gasteiger partial charge in [-0.3, -0.25) is 4.79 Å². The maximum Gasteiger partial charge on any atom is 0.276 e. The van der Waals surface area contributed by atoms with Crippen molar-refractivity contribution in [3.63, 3.8) is 0 Å². The zero-order chi connectivity index (χ0) is 17.2. The molecule has 0 aliphatic carbocycles. The predicted octanol–water partition coefficient (Wildman–Crippen LogP) is 1.47. The molecule has 24 heavy (non-hydrogen) atoms. The number of carbonyl (C=O) groups is 1. The zero-order valence-corrected chi connectivity index (χ0v) is 13.4. The molecule has 126 valence electrons. The van der Waals surface area contributed by atoms with E-state index in [1.807, 2.05) is 0 Å². The van der Waals surface area contributed by atoms with Crippen LogP contribution in [0.25, 0.3) is 0 Å². The highest BCUT2D eigenvalue weighted by Gasteiger charge is 2.28. The first-order valence-electron chi connectivity index (χ1n) is 7.29. The van der Waals surface area contributed by atoms with Gasteiger partial charge >= 0.3 is 0 Å². The van der Waals surface area contributed by atoms with Crippen LogP contribution in [0.3, 0.4) is 0 Å². The first-order chi connectivity index (χ1) is 11.4. The van der Waals surface area contributed by atoms with E-state index in [9.17, 15) is 17.6 Å². The van der Waals surface area contributed by atoms with Crippen LogP contribution in [0.15, 0.2) is 36.4 Å². The number of anilines is 2. The molecule has 1 fully saturated rings. The molecule has 1 aliphatic rings. The Bertz CT molecular complexity index is 838. The molecule has 7 nitrogen and oxygen atoms in total. The van der Waals surface area contributed by atoms with E-state index < -0.39 is 21.6 Å². The van der Waals surface area contributed by atoms with E-state index in [-0.39, 0.29) is 23.2 Å². The van der Waals surface area contributed by atoms with Gasteiger partial charge in [-0.1, -0.05) is 0 Å². The highest BCUT2D eigenvalue weighted by molar-refractivity contribution is 7.91. The number of rotatable bonds is 4. The first-order valence-corrected chi connectivity index (χ1v) is 9.11. The summed E-state index contributed by atoms with van der Waals surface area (Å²) in [5.74, 6) is -0.214. The molecular formula is C15H15FN4O3S. The molecule has 1 aromatic heterocycles. The Labute approximate surface area is 138 Å². The van der Waals surface area contributed by atoms with Gasteiger partial charge in [0.25, 0.3) is 5.91 Å². The van der Waals surface area contributed by atoms with Crippen LogP contribution < -0.4 is 10.6 Å². The topological polar surface area (TPSA) is 101 Å². The van der Waals surface area contributed by atoms with Crippen molar-refractivity contribution in [2.45, 2.75) is 12.5 Å². The molecule has 0 spiro atoms. The number of nitrogens with one attached hydrogen (secondary N) is 2. The van der Waals surface area contributed by atoms with Gasteiger partial charge < -0.3 is 10.6 Å². The van der Waals surface area contributed by atoms with Crippen LogP contribution in [0.1, 0.15) is 16.9 Å². The second-order valence-corrected chi connectivity index (χ2v) is 7.74. The zero-order valence-electron chi connectivity index (χ0n) is 12.6. The van der Waals surface area contributed by atoms with Gasteiger partial charge in [-0.15, -0.1) is 10.2 Å². The van der Waals surface area contributed by atoms with Crippen LogP contribution in [0.5, 0.6) is 0 Å². The molecule has 0 saturated carbocycles. The van der Waals surface area contributed by atoms with E-state index in [2.05, 4.69) is 20.8 Å². The molecule has 0 bridgehead atoms. The van der Waals surface area contributed by atoms with Gasteiger partial charge in [-0.25, -0.2) is 12.8 Å². The average molecular weight is 350 g/mol. The summed E-state index contributed by atoms with van der Waals surface area (Å²) >= 11 is 0. The second kappa shape index (κ2) is 6.52. The minimum Gasteiger partial charge on any atom is -0.365 e. The van der Waals surface area contributed by atoms with E-state index in [0.717, 1.165) is 0 Å². The molecule has 1 saturated heterocycles. The standard InChI is InChI=1S/C15H15FN4O3S/c16-10-1-3-11(4-2-10)18-15(21)13-5-6-14(20-19-13)17-12-7-8-24(22,23)9-12/h1-6,12H,7-9H2,(H,17,20)(H,18,21). The van der Waals surface area contributed by atoms with Crippen LogP contribution in [-0.4, -0.2) is 42.1 Å². The van der Waals surface area contributed by atoms with E-state index in [1.165, 1.54) is 30.3 Å². The van der Waals surface area contributed by atoms with Crippen LogP contribution in [0.4, 0.5) is 15.9 Å². The highest BCUT2D eigenvalue weighted by Crippen LogP contribution is 2.16. The van der Waals surface area contributed by atoms with Crippen LogP contribution in [0.2, 0.25) is 0 Å². The summed E-state index contributed by atoms with van der Waals surface area (Å²) < 4.78 is 35.7. The van der Waals surface area contributed by atoms with Crippen molar-refractivity contribution < 1.29 is 17.6 Å². The smallest absolute Gasteiger partial charge is 0.276 e. The van der Waals surface area contributed by atoms with Gasteiger partial charge in [0, 0.05) is 11.7 Å². The Morgan fingerprint density at radius 1 is 1.12 bits per heavy atom. The summed E-state index contributed by atoms with van der Waals surface area (Å²) in [7, 11) is -2.98. The number of hydrogen-bond donors (Lipinski definition) is 2. The van der Waals surface area contributed by atoms with E-state index in [0.29, 0.717) is 17.9 Å². The predicted molar refractivity (Wildman–Crippen MR) is 87.1 cm³/mol. The van der Waals surface area contributed by atoms with Gasteiger partial charge in [0.2, 0.25) is 0 Å². The third kappa shape index (κ3) is 4.05. The summed E-state index contributed by atoms with van der Waals surface area (Å²) in [4.78, 5) is 12.0. The minimum absolute atomic E-state index is 0.0709. The number of hydrogen-bond acceptors (Lipinski definition) is 6. The lowest BCUT2D eigenvalue weighted by molar-refractivity contribution is 0.102. The molecule has 0 radical (unpaired) electrons. The number of halogens is 1. The van der Waals surface area contributed by atoms with Crippen LogP contribution >= 0.6 is 0 Å². The fourth-order valence-corrected chi connectivity index (χ4v) is 4.05. The number of nitrogens with zero attached hydrogens (tertiary/aromatic N) is 2. The van der Waals surface area contributed by atoms with Gasteiger partial charge in [0.1, 0.15) is 11.6 Å². The molecule has 2 aromatic rings. The Kier molecular flexibility index (Phi) is 4.43. The van der Waals surface area contributed by atoms with Crippen molar-refractivity contribution in [2.75, 3.05) is 22.1 Å². The monoisotopic (exact) mass is 350 g/mol. The Hall–Kier alpha value is -2.55. The molecule has 2 heterocycles. The fraction of sp³-hybridized carbons (Fsp3) is 0.267. The second-order valence-electron chi connectivity index (χ2n) is 5.51. The number of carbonyl (C=O) groups excluding carboxylic acids is 1. The Morgan fingerprint density at radius 2 is 1.88 bits per heavy atom. The van der Waals surface area contributed by atoms with Gasteiger partial charge in [0.05, 0.1) is 11.5 Å². The van der Waals surface area contributed by atoms with Gasteiger partial charge in [0.15, 0.2) is 15.5 Å². The van der Waals surface area contributed by atoms with Gasteiger partial charge in [-0.05, 0) is 42.8 Å².